The third-order valence-electron chi connectivity index (χ3n) is 4.10. The van der Waals surface area contributed by atoms with Gasteiger partial charge in [-0.25, -0.2) is 0 Å². The third-order valence-corrected chi connectivity index (χ3v) is 4.10. The van der Waals surface area contributed by atoms with Crippen molar-refractivity contribution >= 4 is 0 Å². The largest absolute Gasteiger partial charge is 0.306 e. The molecule has 0 aliphatic heterocycles. The number of nitrogens with zero attached hydrogens (tertiary/aromatic N) is 2. The fourth-order valence-electron chi connectivity index (χ4n) is 2.59. The van der Waals surface area contributed by atoms with Gasteiger partial charge in [0.1, 0.15) is 0 Å². The number of aryl methyl sites for hydroxylation is 1. The standard InChI is InChI=1S/C18H27N3/c1-7-19-17(16-12-20-21(6)13(16)2)14-8-10-15(11-9-14)18(3,4)5/h8-12,17,19H,7H2,1-6H3. The van der Waals surface area contributed by atoms with Gasteiger partial charge in [0, 0.05) is 18.3 Å². The second-order valence-electron chi connectivity index (χ2n) is 6.67. The van der Waals surface area contributed by atoms with Crippen LogP contribution in [0.3, 0.4) is 0 Å². The van der Waals surface area contributed by atoms with E-state index < -0.39 is 0 Å². The van der Waals surface area contributed by atoms with E-state index in [1.54, 1.807) is 0 Å². The molecule has 0 amide bonds. The lowest BCUT2D eigenvalue weighted by atomic mass is 9.86. The minimum atomic E-state index is 0.191. The van der Waals surface area contributed by atoms with Crippen LogP contribution in [0.5, 0.6) is 0 Å². The van der Waals surface area contributed by atoms with Gasteiger partial charge in [-0.15, -0.1) is 0 Å². The average Bonchev–Trinajstić information content (AvgIpc) is 2.76. The van der Waals surface area contributed by atoms with Crippen LogP contribution in [-0.4, -0.2) is 16.3 Å². The van der Waals surface area contributed by atoms with Gasteiger partial charge in [-0.1, -0.05) is 52.0 Å². The summed E-state index contributed by atoms with van der Waals surface area (Å²) >= 11 is 0. The maximum absolute atomic E-state index is 4.38. The first-order valence-corrected chi connectivity index (χ1v) is 7.67. The molecule has 1 aromatic carbocycles. The van der Waals surface area contributed by atoms with E-state index in [2.05, 4.69) is 69.3 Å². The van der Waals surface area contributed by atoms with Gasteiger partial charge >= 0.3 is 0 Å². The number of rotatable bonds is 4. The maximum atomic E-state index is 4.38. The quantitative estimate of drug-likeness (QED) is 0.927. The SMILES string of the molecule is CCNC(c1ccc(C(C)(C)C)cc1)c1cnn(C)c1C. The summed E-state index contributed by atoms with van der Waals surface area (Å²) in [6.07, 6.45) is 1.97. The highest BCUT2D eigenvalue weighted by Crippen LogP contribution is 2.28. The van der Waals surface area contributed by atoms with Gasteiger partial charge in [-0.05, 0) is 30.0 Å². The maximum Gasteiger partial charge on any atom is 0.0610 e. The summed E-state index contributed by atoms with van der Waals surface area (Å²) in [5.41, 5.74) is 5.31. The molecular formula is C18H27N3. The summed E-state index contributed by atoms with van der Waals surface area (Å²) in [5, 5.41) is 7.95. The van der Waals surface area contributed by atoms with E-state index in [9.17, 15) is 0 Å². The van der Waals surface area contributed by atoms with Crippen LogP contribution in [0.15, 0.2) is 30.5 Å². The fourth-order valence-corrected chi connectivity index (χ4v) is 2.59. The summed E-state index contributed by atoms with van der Waals surface area (Å²) in [5.74, 6) is 0. The molecule has 0 aliphatic rings. The Morgan fingerprint density at radius 1 is 1.19 bits per heavy atom. The molecule has 0 spiro atoms. The van der Waals surface area contributed by atoms with Crippen LogP contribution in [0.25, 0.3) is 0 Å². The van der Waals surface area contributed by atoms with Gasteiger partial charge in [0.2, 0.25) is 0 Å². The van der Waals surface area contributed by atoms with Crippen LogP contribution in [0.1, 0.15) is 56.1 Å². The van der Waals surface area contributed by atoms with Gasteiger partial charge in [0.15, 0.2) is 0 Å². The topological polar surface area (TPSA) is 29.9 Å². The molecule has 0 saturated heterocycles. The van der Waals surface area contributed by atoms with E-state index in [4.69, 9.17) is 0 Å². The average molecular weight is 285 g/mol. The highest BCUT2D eigenvalue weighted by Gasteiger charge is 2.19. The molecule has 21 heavy (non-hydrogen) atoms. The Kier molecular flexibility index (Phi) is 4.52. The van der Waals surface area contributed by atoms with Crippen molar-refractivity contribution in [2.45, 2.75) is 46.1 Å². The highest BCUT2D eigenvalue weighted by atomic mass is 15.3. The highest BCUT2D eigenvalue weighted by molar-refractivity contribution is 5.36. The molecule has 0 aliphatic carbocycles. The fraction of sp³-hybridized carbons (Fsp3) is 0.500. The Morgan fingerprint density at radius 2 is 1.81 bits per heavy atom. The van der Waals surface area contributed by atoms with Gasteiger partial charge in [-0.3, -0.25) is 4.68 Å². The Balaban J connectivity index is 2.37. The first-order chi connectivity index (χ1) is 9.84. The number of benzene rings is 1. The molecule has 114 valence electrons. The molecule has 1 atom stereocenters. The predicted octanol–water partition coefficient (Wildman–Crippen LogP) is 3.72. The summed E-state index contributed by atoms with van der Waals surface area (Å²) in [6.45, 7) is 11.9. The van der Waals surface area contributed by atoms with Crippen molar-refractivity contribution in [3.05, 3.63) is 52.8 Å². The molecular weight excluding hydrogens is 258 g/mol. The van der Waals surface area contributed by atoms with E-state index in [1.165, 1.54) is 22.4 Å². The Bertz CT molecular complexity index is 588. The van der Waals surface area contributed by atoms with Crippen molar-refractivity contribution in [3.63, 3.8) is 0 Å². The van der Waals surface area contributed by atoms with E-state index in [-0.39, 0.29) is 11.5 Å². The van der Waals surface area contributed by atoms with Crippen LogP contribution >= 0.6 is 0 Å². The molecule has 3 heteroatoms. The van der Waals surface area contributed by atoms with Crippen LogP contribution in [0, 0.1) is 6.92 Å². The van der Waals surface area contributed by atoms with Crippen molar-refractivity contribution in [1.29, 1.82) is 0 Å². The van der Waals surface area contributed by atoms with Crippen molar-refractivity contribution < 1.29 is 0 Å². The zero-order chi connectivity index (χ0) is 15.6. The van der Waals surface area contributed by atoms with Gasteiger partial charge < -0.3 is 5.32 Å². The summed E-state index contributed by atoms with van der Waals surface area (Å²) in [6, 6.07) is 9.16. The van der Waals surface area contributed by atoms with Gasteiger partial charge in [-0.2, -0.15) is 5.10 Å². The third kappa shape index (κ3) is 3.35. The number of hydrogen-bond donors (Lipinski definition) is 1. The second-order valence-corrected chi connectivity index (χ2v) is 6.67. The van der Waals surface area contributed by atoms with E-state index in [1.807, 2.05) is 17.9 Å². The lowest BCUT2D eigenvalue weighted by Crippen LogP contribution is -2.22. The first kappa shape index (κ1) is 15.8. The minimum absolute atomic E-state index is 0.191. The zero-order valence-corrected chi connectivity index (χ0v) is 14.1. The van der Waals surface area contributed by atoms with Crippen molar-refractivity contribution in [3.8, 4) is 0 Å². The molecule has 0 fully saturated rings. The second kappa shape index (κ2) is 6.02. The van der Waals surface area contributed by atoms with E-state index in [0.29, 0.717) is 0 Å². The molecule has 0 radical (unpaired) electrons. The van der Waals surface area contributed by atoms with E-state index in [0.717, 1.165) is 6.54 Å². The van der Waals surface area contributed by atoms with Crippen LogP contribution in [0.2, 0.25) is 0 Å². The lowest BCUT2D eigenvalue weighted by Gasteiger charge is -2.22. The Labute approximate surface area is 128 Å². The summed E-state index contributed by atoms with van der Waals surface area (Å²) in [4.78, 5) is 0. The normalized spacial score (nSPS) is 13.4. The van der Waals surface area contributed by atoms with E-state index >= 15 is 0 Å². The zero-order valence-electron chi connectivity index (χ0n) is 14.1. The first-order valence-electron chi connectivity index (χ1n) is 7.67. The van der Waals surface area contributed by atoms with Crippen LogP contribution in [-0.2, 0) is 12.5 Å². The summed E-state index contributed by atoms with van der Waals surface area (Å²) in [7, 11) is 1.99. The van der Waals surface area contributed by atoms with Gasteiger partial charge in [0.25, 0.3) is 0 Å². The van der Waals surface area contributed by atoms with Crippen molar-refractivity contribution in [2.75, 3.05) is 6.54 Å². The smallest absolute Gasteiger partial charge is 0.0610 e. The molecule has 1 N–H and O–H groups in total. The Morgan fingerprint density at radius 3 is 2.24 bits per heavy atom. The number of aromatic nitrogens is 2. The Hall–Kier alpha value is -1.61. The van der Waals surface area contributed by atoms with Gasteiger partial charge in [0.05, 0.1) is 12.2 Å². The van der Waals surface area contributed by atoms with Crippen LogP contribution < -0.4 is 5.32 Å². The molecule has 1 heterocycles. The monoisotopic (exact) mass is 285 g/mol. The lowest BCUT2D eigenvalue weighted by molar-refractivity contribution is 0.587. The van der Waals surface area contributed by atoms with Crippen molar-refractivity contribution in [2.24, 2.45) is 7.05 Å². The minimum Gasteiger partial charge on any atom is -0.306 e. The molecule has 0 bridgehead atoms. The van der Waals surface area contributed by atoms with Crippen molar-refractivity contribution in [1.82, 2.24) is 15.1 Å². The molecule has 1 aromatic heterocycles. The summed E-state index contributed by atoms with van der Waals surface area (Å²) < 4.78 is 1.93. The van der Waals surface area contributed by atoms with Crippen LogP contribution in [0.4, 0.5) is 0 Å². The molecule has 2 aromatic rings. The molecule has 1 unspecified atom stereocenters. The molecule has 0 saturated carbocycles. The molecule has 2 rings (SSSR count). The number of nitrogens with one attached hydrogen (secondary N) is 1. The predicted molar refractivity (Wildman–Crippen MR) is 88.6 cm³/mol. The molecule has 3 nitrogen and oxygen atoms in total. The number of hydrogen-bond acceptors (Lipinski definition) is 2.